The number of hydrogen-bond acceptors (Lipinski definition) is 4. The highest BCUT2D eigenvalue weighted by molar-refractivity contribution is 5.94. The van der Waals surface area contributed by atoms with Gasteiger partial charge in [0.1, 0.15) is 0 Å². The molecule has 0 spiro atoms. The number of benzene rings is 1. The smallest absolute Gasteiger partial charge is 0.310 e. The van der Waals surface area contributed by atoms with Gasteiger partial charge in [-0.05, 0) is 18.2 Å². The van der Waals surface area contributed by atoms with Crippen LogP contribution in [0.15, 0.2) is 18.2 Å². The van der Waals surface area contributed by atoms with Gasteiger partial charge in [0.2, 0.25) is 0 Å². The van der Waals surface area contributed by atoms with Crippen molar-refractivity contribution in [3.8, 4) is 5.75 Å². The third-order valence-electron chi connectivity index (χ3n) is 2.90. The van der Waals surface area contributed by atoms with E-state index in [1.165, 1.54) is 37.3 Å². The minimum absolute atomic E-state index is 0.00488. The molecule has 0 N–H and O–H groups in total. The van der Waals surface area contributed by atoms with Crippen LogP contribution in [-0.2, 0) is 9.53 Å². The molecule has 0 aliphatic heterocycles. The zero-order valence-electron chi connectivity index (χ0n) is 12.0. The summed E-state index contributed by atoms with van der Waals surface area (Å²) in [5.41, 5.74) is 0.294. The van der Waals surface area contributed by atoms with Crippen LogP contribution in [0.25, 0.3) is 0 Å². The van der Waals surface area contributed by atoms with Crippen LogP contribution in [0.1, 0.15) is 17.3 Å². The van der Waals surface area contributed by atoms with E-state index in [1.807, 2.05) is 0 Å². The number of rotatable bonds is 5. The summed E-state index contributed by atoms with van der Waals surface area (Å²) in [5.74, 6) is -1.67. The van der Waals surface area contributed by atoms with Gasteiger partial charge in [-0.25, -0.2) is 4.39 Å². The Morgan fingerprint density at radius 3 is 2.55 bits per heavy atom. The van der Waals surface area contributed by atoms with Gasteiger partial charge in [-0.1, -0.05) is 6.92 Å². The topological polar surface area (TPSA) is 55.8 Å². The number of amides is 1. The van der Waals surface area contributed by atoms with Crippen LogP contribution in [-0.4, -0.2) is 44.6 Å². The molecule has 0 fully saturated rings. The third kappa shape index (κ3) is 3.69. The fraction of sp³-hybridized carbons (Fsp3) is 0.429. The summed E-state index contributed by atoms with van der Waals surface area (Å²) in [7, 11) is 4.19. The van der Waals surface area contributed by atoms with Crippen molar-refractivity contribution in [3.63, 3.8) is 0 Å². The Morgan fingerprint density at radius 1 is 1.35 bits per heavy atom. The Morgan fingerprint density at radius 2 is 2.00 bits per heavy atom. The van der Waals surface area contributed by atoms with Crippen molar-refractivity contribution in [3.05, 3.63) is 29.6 Å². The number of nitrogens with zero attached hydrogens (tertiary/aromatic N) is 1. The van der Waals surface area contributed by atoms with Crippen LogP contribution in [0.3, 0.4) is 0 Å². The Labute approximate surface area is 117 Å². The van der Waals surface area contributed by atoms with E-state index in [-0.39, 0.29) is 24.2 Å². The van der Waals surface area contributed by atoms with E-state index < -0.39 is 11.7 Å². The number of hydrogen-bond donors (Lipinski definition) is 0. The summed E-state index contributed by atoms with van der Waals surface area (Å²) >= 11 is 0. The predicted octanol–water partition coefficient (Wildman–Crippen LogP) is 1.72. The summed E-state index contributed by atoms with van der Waals surface area (Å²) in [6.45, 7) is 1.88. The van der Waals surface area contributed by atoms with Crippen molar-refractivity contribution in [1.82, 2.24) is 4.90 Å². The molecule has 0 saturated heterocycles. The number of carbonyl (C=O) groups is 2. The molecule has 1 rings (SSSR count). The Kier molecular flexibility index (Phi) is 5.49. The van der Waals surface area contributed by atoms with E-state index >= 15 is 0 Å². The first-order valence-electron chi connectivity index (χ1n) is 6.07. The second-order valence-electron chi connectivity index (χ2n) is 4.46. The molecular weight excluding hydrogens is 265 g/mol. The highest BCUT2D eigenvalue weighted by Gasteiger charge is 2.20. The quantitative estimate of drug-likeness (QED) is 0.772. The predicted molar refractivity (Wildman–Crippen MR) is 71.1 cm³/mol. The average Bonchev–Trinajstić information content (AvgIpc) is 2.45. The lowest BCUT2D eigenvalue weighted by Crippen LogP contribution is -2.34. The molecule has 1 unspecified atom stereocenters. The van der Waals surface area contributed by atoms with Crippen molar-refractivity contribution in [1.29, 1.82) is 0 Å². The first-order chi connectivity index (χ1) is 9.40. The Balaban J connectivity index is 2.81. The molecule has 6 heteroatoms. The van der Waals surface area contributed by atoms with Gasteiger partial charge in [-0.15, -0.1) is 0 Å². The van der Waals surface area contributed by atoms with E-state index in [4.69, 9.17) is 4.74 Å². The van der Waals surface area contributed by atoms with Crippen LogP contribution >= 0.6 is 0 Å². The number of carbonyl (C=O) groups excluding carboxylic acids is 2. The zero-order valence-corrected chi connectivity index (χ0v) is 12.0. The molecule has 0 aromatic heterocycles. The van der Waals surface area contributed by atoms with Crippen LogP contribution in [0.2, 0.25) is 0 Å². The van der Waals surface area contributed by atoms with E-state index in [2.05, 4.69) is 4.74 Å². The number of esters is 1. The monoisotopic (exact) mass is 283 g/mol. The van der Waals surface area contributed by atoms with Crippen molar-refractivity contribution >= 4 is 11.9 Å². The molecule has 1 amide bonds. The molecule has 20 heavy (non-hydrogen) atoms. The summed E-state index contributed by atoms with van der Waals surface area (Å²) in [6, 6.07) is 3.88. The summed E-state index contributed by atoms with van der Waals surface area (Å²) in [4.78, 5) is 24.9. The number of halogens is 1. The molecule has 1 aromatic rings. The molecule has 0 saturated carbocycles. The van der Waals surface area contributed by atoms with Crippen molar-refractivity contribution in [2.24, 2.45) is 5.92 Å². The van der Waals surface area contributed by atoms with Gasteiger partial charge in [0.05, 0.1) is 20.1 Å². The SMILES string of the molecule is COC(=O)C(C)CN(C)C(=O)c1ccc(F)c(OC)c1. The summed E-state index contributed by atoms with van der Waals surface area (Å²) < 4.78 is 22.7. The van der Waals surface area contributed by atoms with Gasteiger partial charge in [0.15, 0.2) is 11.6 Å². The van der Waals surface area contributed by atoms with Crippen LogP contribution < -0.4 is 4.74 Å². The number of ether oxygens (including phenoxy) is 2. The highest BCUT2D eigenvalue weighted by atomic mass is 19.1. The standard InChI is InChI=1S/C14H18FNO4/c1-9(14(18)20-4)8-16(2)13(17)10-5-6-11(15)12(7-10)19-3/h5-7,9H,8H2,1-4H3. The first-order valence-corrected chi connectivity index (χ1v) is 6.07. The van der Waals surface area contributed by atoms with Gasteiger partial charge >= 0.3 is 5.97 Å². The maximum atomic E-state index is 13.3. The molecule has 0 bridgehead atoms. The first kappa shape index (κ1) is 15.9. The molecule has 1 aromatic carbocycles. The van der Waals surface area contributed by atoms with E-state index in [9.17, 15) is 14.0 Å². The van der Waals surface area contributed by atoms with E-state index in [1.54, 1.807) is 14.0 Å². The van der Waals surface area contributed by atoms with Crippen LogP contribution in [0.5, 0.6) is 5.75 Å². The molecule has 110 valence electrons. The van der Waals surface area contributed by atoms with Gasteiger partial charge in [0.25, 0.3) is 5.91 Å². The van der Waals surface area contributed by atoms with Crippen LogP contribution in [0, 0.1) is 11.7 Å². The molecule has 0 heterocycles. The number of methoxy groups -OCH3 is 2. The van der Waals surface area contributed by atoms with Crippen molar-refractivity contribution in [2.75, 3.05) is 27.8 Å². The maximum Gasteiger partial charge on any atom is 0.310 e. The molecular formula is C14H18FNO4. The molecule has 0 aliphatic carbocycles. The molecule has 0 radical (unpaired) electrons. The zero-order chi connectivity index (χ0) is 15.3. The minimum atomic E-state index is -0.533. The Bertz CT molecular complexity index is 504. The summed E-state index contributed by atoms with van der Waals surface area (Å²) in [6.07, 6.45) is 0. The van der Waals surface area contributed by atoms with E-state index in [0.717, 1.165) is 0 Å². The lowest BCUT2D eigenvalue weighted by atomic mass is 10.1. The van der Waals surface area contributed by atoms with Gasteiger partial charge in [-0.2, -0.15) is 0 Å². The average molecular weight is 283 g/mol. The normalized spacial score (nSPS) is 11.7. The lowest BCUT2D eigenvalue weighted by Gasteiger charge is -2.20. The third-order valence-corrected chi connectivity index (χ3v) is 2.90. The van der Waals surface area contributed by atoms with Crippen molar-refractivity contribution in [2.45, 2.75) is 6.92 Å². The van der Waals surface area contributed by atoms with E-state index in [0.29, 0.717) is 5.56 Å². The maximum absolute atomic E-state index is 13.3. The lowest BCUT2D eigenvalue weighted by molar-refractivity contribution is -0.145. The fourth-order valence-electron chi connectivity index (χ4n) is 1.78. The summed E-state index contributed by atoms with van der Waals surface area (Å²) in [5, 5.41) is 0. The molecule has 5 nitrogen and oxygen atoms in total. The second kappa shape index (κ2) is 6.88. The molecule has 0 aliphatic rings. The second-order valence-corrected chi connectivity index (χ2v) is 4.46. The van der Waals surface area contributed by atoms with Gasteiger partial charge < -0.3 is 14.4 Å². The van der Waals surface area contributed by atoms with Crippen molar-refractivity contribution < 1.29 is 23.5 Å². The molecule has 1 atom stereocenters. The fourth-order valence-corrected chi connectivity index (χ4v) is 1.78. The largest absolute Gasteiger partial charge is 0.494 e. The minimum Gasteiger partial charge on any atom is -0.494 e. The Hall–Kier alpha value is -2.11. The highest BCUT2D eigenvalue weighted by Crippen LogP contribution is 2.19. The van der Waals surface area contributed by atoms with Crippen LogP contribution in [0.4, 0.5) is 4.39 Å². The van der Waals surface area contributed by atoms with Gasteiger partial charge in [-0.3, -0.25) is 9.59 Å². The van der Waals surface area contributed by atoms with Gasteiger partial charge in [0, 0.05) is 19.2 Å².